The first kappa shape index (κ1) is 18.4. The molecular weight excluding hydrogens is 368 g/mol. The molecule has 2 aromatic heterocycles. The molecule has 0 spiro atoms. The molecule has 1 saturated heterocycles. The number of carbonyl (C=O) groups is 1. The lowest BCUT2D eigenvalue weighted by molar-refractivity contribution is 0.0529. The number of aliphatic hydroxyl groups is 1. The molecule has 2 atom stereocenters. The number of β-amino-alcohol motifs (C(OH)–C–C–N with tert-alkyl or cyclic N) is 1. The third kappa shape index (κ3) is 3.09. The van der Waals surface area contributed by atoms with Gasteiger partial charge in [0.15, 0.2) is 5.82 Å². The van der Waals surface area contributed by atoms with Crippen LogP contribution in [-0.4, -0.2) is 39.9 Å². The lowest BCUT2D eigenvalue weighted by atomic mass is 10.0. The van der Waals surface area contributed by atoms with Gasteiger partial charge in [0.1, 0.15) is 17.2 Å². The second-order valence-corrected chi connectivity index (χ2v) is 6.67. The van der Waals surface area contributed by atoms with Crippen molar-refractivity contribution in [3.05, 3.63) is 65.4 Å². The molecule has 28 heavy (non-hydrogen) atoms. The number of benzene rings is 1. The van der Waals surface area contributed by atoms with E-state index < -0.39 is 29.7 Å². The summed E-state index contributed by atoms with van der Waals surface area (Å²) in [4.78, 5) is 14.3. The highest BCUT2D eigenvalue weighted by Gasteiger charge is 2.38. The maximum atomic E-state index is 14.4. The minimum Gasteiger partial charge on any atom is -0.462 e. The van der Waals surface area contributed by atoms with Gasteiger partial charge in [-0.1, -0.05) is 6.07 Å². The normalized spacial score (nSPS) is 19.4. The Morgan fingerprint density at radius 1 is 1.32 bits per heavy atom. The van der Waals surface area contributed by atoms with E-state index in [9.17, 15) is 18.7 Å². The zero-order chi connectivity index (χ0) is 19.8. The number of hydrogen-bond acceptors (Lipinski definition) is 5. The molecule has 1 aromatic carbocycles. The molecule has 0 aliphatic carbocycles. The summed E-state index contributed by atoms with van der Waals surface area (Å²) < 4.78 is 34.9. The topological polar surface area (TPSA) is 67.1 Å². The van der Waals surface area contributed by atoms with Crippen LogP contribution >= 0.6 is 0 Å². The van der Waals surface area contributed by atoms with Gasteiger partial charge in [0, 0.05) is 18.3 Å². The van der Waals surface area contributed by atoms with Gasteiger partial charge in [-0.15, -0.1) is 5.10 Å². The second-order valence-electron chi connectivity index (χ2n) is 6.67. The average molecular weight is 387 g/mol. The number of aromatic nitrogens is 2. The van der Waals surface area contributed by atoms with Crippen LogP contribution in [0.3, 0.4) is 0 Å². The van der Waals surface area contributed by atoms with Gasteiger partial charge >= 0.3 is 5.97 Å². The van der Waals surface area contributed by atoms with Crippen molar-refractivity contribution in [3.63, 3.8) is 0 Å². The fraction of sp³-hybridized carbons (Fsp3) is 0.300. The van der Waals surface area contributed by atoms with Crippen molar-refractivity contribution in [1.82, 2.24) is 9.61 Å². The van der Waals surface area contributed by atoms with Crippen molar-refractivity contribution in [2.45, 2.75) is 25.5 Å². The summed E-state index contributed by atoms with van der Waals surface area (Å²) in [5, 5.41) is 14.7. The Kier molecular flexibility index (Phi) is 4.72. The molecule has 1 aliphatic heterocycles. The van der Waals surface area contributed by atoms with Gasteiger partial charge in [-0.25, -0.2) is 18.1 Å². The highest BCUT2D eigenvalue weighted by atomic mass is 19.1. The van der Waals surface area contributed by atoms with Crippen LogP contribution in [0.4, 0.5) is 14.6 Å². The van der Waals surface area contributed by atoms with Crippen LogP contribution in [0.2, 0.25) is 0 Å². The summed E-state index contributed by atoms with van der Waals surface area (Å²) in [6, 6.07) is 7.82. The minimum atomic E-state index is -0.771. The predicted molar refractivity (Wildman–Crippen MR) is 98.2 cm³/mol. The fourth-order valence-electron chi connectivity index (χ4n) is 3.70. The van der Waals surface area contributed by atoms with Crippen molar-refractivity contribution in [1.29, 1.82) is 0 Å². The molecule has 6 nitrogen and oxygen atoms in total. The van der Waals surface area contributed by atoms with Crippen molar-refractivity contribution < 1.29 is 23.4 Å². The Hall–Kier alpha value is -3.00. The SMILES string of the molecule is CCOC(=O)c1c(N2C[C@H](O)C[C@@H]2c2cc(F)ccc2F)nn2ccccc12. The summed E-state index contributed by atoms with van der Waals surface area (Å²) in [6.07, 6.45) is 1.11. The first-order chi connectivity index (χ1) is 13.5. The molecule has 1 fully saturated rings. The van der Waals surface area contributed by atoms with Crippen LogP contribution in [-0.2, 0) is 4.74 Å². The number of nitrogens with zero attached hydrogens (tertiary/aromatic N) is 3. The maximum Gasteiger partial charge on any atom is 0.344 e. The zero-order valence-electron chi connectivity index (χ0n) is 15.2. The smallest absolute Gasteiger partial charge is 0.344 e. The van der Waals surface area contributed by atoms with Gasteiger partial charge in [-0.3, -0.25) is 0 Å². The van der Waals surface area contributed by atoms with E-state index in [4.69, 9.17) is 4.74 Å². The van der Waals surface area contributed by atoms with E-state index in [1.807, 2.05) is 0 Å². The molecule has 8 heteroatoms. The zero-order valence-corrected chi connectivity index (χ0v) is 15.2. The number of carbonyl (C=O) groups excluding carboxylic acids is 1. The molecule has 0 unspecified atom stereocenters. The first-order valence-electron chi connectivity index (χ1n) is 9.03. The summed E-state index contributed by atoms with van der Waals surface area (Å²) in [7, 11) is 0. The van der Waals surface area contributed by atoms with Crippen LogP contribution in [0.1, 0.15) is 35.3 Å². The average Bonchev–Trinajstić information content (AvgIpc) is 3.24. The molecule has 0 saturated carbocycles. The fourth-order valence-corrected chi connectivity index (χ4v) is 3.70. The Morgan fingerprint density at radius 3 is 2.93 bits per heavy atom. The number of hydrogen-bond donors (Lipinski definition) is 1. The number of anilines is 1. The number of fused-ring (bicyclic) bond motifs is 1. The lowest BCUT2D eigenvalue weighted by Gasteiger charge is -2.25. The van der Waals surface area contributed by atoms with E-state index in [-0.39, 0.29) is 36.5 Å². The third-order valence-corrected chi connectivity index (χ3v) is 4.87. The first-order valence-corrected chi connectivity index (χ1v) is 9.03. The Bertz CT molecular complexity index is 1040. The summed E-state index contributed by atoms with van der Waals surface area (Å²) in [6.45, 7) is 2.03. The molecule has 0 amide bonds. The molecule has 146 valence electrons. The van der Waals surface area contributed by atoms with Crippen molar-refractivity contribution >= 4 is 17.3 Å². The molecule has 3 aromatic rings. The van der Waals surface area contributed by atoms with E-state index in [2.05, 4.69) is 5.10 Å². The lowest BCUT2D eigenvalue weighted by Crippen LogP contribution is -2.27. The number of ether oxygens (including phenoxy) is 1. The molecular formula is C20H19F2N3O3. The van der Waals surface area contributed by atoms with E-state index in [1.165, 1.54) is 4.52 Å². The summed E-state index contributed by atoms with van der Waals surface area (Å²) >= 11 is 0. The van der Waals surface area contributed by atoms with Gasteiger partial charge in [-0.05, 0) is 43.7 Å². The van der Waals surface area contributed by atoms with Gasteiger partial charge < -0.3 is 14.7 Å². The van der Waals surface area contributed by atoms with E-state index in [1.54, 1.807) is 36.2 Å². The van der Waals surface area contributed by atoms with Gasteiger partial charge in [0.05, 0.1) is 24.3 Å². The van der Waals surface area contributed by atoms with Crippen LogP contribution < -0.4 is 4.90 Å². The predicted octanol–water partition coefficient (Wildman–Crippen LogP) is 3.10. The van der Waals surface area contributed by atoms with Crippen molar-refractivity contribution in [2.24, 2.45) is 0 Å². The Morgan fingerprint density at radius 2 is 2.14 bits per heavy atom. The van der Waals surface area contributed by atoms with Crippen molar-refractivity contribution in [3.8, 4) is 0 Å². The highest BCUT2D eigenvalue weighted by molar-refractivity contribution is 6.02. The third-order valence-electron chi connectivity index (χ3n) is 4.87. The highest BCUT2D eigenvalue weighted by Crippen LogP contribution is 2.39. The molecule has 1 aliphatic rings. The van der Waals surface area contributed by atoms with Crippen molar-refractivity contribution in [2.75, 3.05) is 18.1 Å². The molecule has 0 radical (unpaired) electrons. The minimum absolute atomic E-state index is 0.114. The molecule has 1 N–H and O–H groups in total. The van der Waals surface area contributed by atoms with E-state index >= 15 is 0 Å². The number of rotatable bonds is 4. The molecule has 0 bridgehead atoms. The van der Waals surface area contributed by atoms with E-state index in [0.29, 0.717) is 5.52 Å². The number of halogens is 2. The quantitative estimate of drug-likeness (QED) is 0.697. The molecule has 4 rings (SSSR count). The number of esters is 1. The Balaban J connectivity index is 1.87. The van der Waals surface area contributed by atoms with Crippen LogP contribution in [0.25, 0.3) is 5.52 Å². The van der Waals surface area contributed by atoms with Gasteiger partial charge in [0.2, 0.25) is 0 Å². The standard InChI is InChI=1S/C20H19F2N3O3/c1-2-28-20(27)18-16-5-3-4-8-25(16)23-19(18)24-11-13(26)10-17(24)14-9-12(21)6-7-15(14)22/h3-9,13,17,26H,2,10-11H2,1H3/t13-,17-/m1/s1. The number of aliphatic hydroxyl groups excluding tert-OH is 1. The van der Waals surface area contributed by atoms with Crippen LogP contribution in [0.5, 0.6) is 0 Å². The Labute approximate surface area is 160 Å². The molecule has 3 heterocycles. The number of pyridine rings is 1. The van der Waals surface area contributed by atoms with Gasteiger partial charge in [-0.2, -0.15) is 0 Å². The van der Waals surface area contributed by atoms with Gasteiger partial charge in [0.25, 0.3) is 0 Å². The maximum absolute atomic E-state index is 14.4. The summed E-state index contributed by atoms with van der Waals surface area (Å²) in [5.74, 6) is -1.43. The van der Waals surface area contributed by atoms with E-state index in [0.717, 1.165) is 18.2 Å². The summed E-state index contributed by atoms with van der Waals surface area (Å²) in [5.41, 5.74) is 0.887. The second kappa shape index (κ2) is 7.20. The van der Waals surface area contributed by atoms with Crippen LogP contribution in [0.15, 0.2) is 42.6 Å². The largest absolute Gasteiger partial charge is 0.462 e. The monoisotopic (exact) mass is 387 g/mol. The van der Waals surface area contributed by atoms with Crippen LogP contribution in [0, 0.1) is 11.6 Å².